The molecule has 98 valence electrons. The van der Waals surface area contributed by atoms with Crippen LogP contribution in [-0.2, 0) is 4.79 Å². The smallest absolute Gasteiger partial charge is 0.241 e. The molecule has 1 N–H and O–H groups in total. The maximum atomic E-state index is 12.4. The van der Waals surface area contributed by atoms with Gasteiger partial charge in [-0.05, 0) is 51.3 Å². The van der Waals surface area contributed by atoms with E-state index in [-0.39, 0.29) is 18.0 Å². The van der Waals surface area contributed by atoms with Gasteiger partial charge in [-0.2, -0.15) is 0 Å². The minimum absolute atomic E-state index is 0.0688. The molecule has 0 bridgehead atoms. The van der Waals surface area contributed by atoms with Gasteiger partial charge in [0.15, 0.2) is 0 Å². The van der Waals surface area contributed by atoms with E-state index >= 15 is 0 Å². The number of aliphatic hydroxyl groups is 1. The molecule has 4 nitrogen and oxygen atoms in total. The second-order valence-electron chi connectivity index (χ2n) is 5.62. The first-order valence-corrected chi connectivity index (χ1v) is 6.70. The molecule has 2 atom stereocenters. The van der Waals surface area contributed by atoms with Gasteiger partial charge in [-0.1, -0.05) is 0 Å². The van der Waals surface area contributed by atoms with Crippen LogP contribution in [0.15, 0.2) is 0 Å². The van der Waals surface area contributed by atoms with Gasteiger partial charge >= 0.3 is 0 Å². The molecule has 0 saturated carbocycles. The molecule has 0 unspecified atom stereocenters. The van der Waals surface area contributed by atoms with E-state index in [1.807, 2.05) is 4.90 Å². The Morgan fingerprint density at radius 3 is 2.47 bits per heavy atom. The van der Waals surface area contributed by atoms with Crippen molar-refractivity contribution < 1.29 is 9.90 Å². The number of rotatable bonds is 2. The van der Waals surface area contributed by atoms with Crippen molar-refractivity contribution in [2.24, 2.45) is 0 Å². The molecule has 0 aromatic carbocycles. The summed E-state index contributed by atoms with van der Waals surface area (Å²) in [6.45, 7) is 5.07. The van der Waals surface area contributed by atoms with Gasteiger partial charge in [-0.25, -0.2) is 4.42 Å². The summed E-state index contributed by atoms with van der Waals surface area (Å²) in [7, 11) is 0. The second-order valence-corrected chi connectivity index (χ2v) is 6.06. The Kier molecular flexibility index (Phi) is 3.66. The summed E-state index contributed by atoms with van der Waals surface area (Å²) in [6.07, 6.45) is 3.65. The van der Waals surface area contributed by atoms with Gasteiger partial charge in [0.25, 0.3) is 0 Å². The molecule has 0 aliphatic carbocycles. The van der Waals surface area contributed by atoms with E-state index < -0.39 is 5.60 Å². The molecular weight excluding hydrogens is 240 g/mol. The highest BCUT2D eigenvalue weighted by Crippen LogP contribution is 2.30. The quantitative estimate of drug-likeness (QED) is 0.763. The van der Waals surface area contributed by atoms with Crippen LogP contribution in [0, 0.1) is 0 Å². The minimum Gasteiger partial charge on any atom is -0.388 e. The van der Waals surface area contributed by atoms with E-state index in [9.17, 15) is 9.90 Å². The lowest BCUT2D eigenvalue weighted by Gasteiger charge is -2.35. The zero-order valence-corrected chi connectivity index (χ0v) is 11.3. The van der Waals surface area contributed by atoms with E-state index in [0.717, 1.165) is 38.8 Å². The number of carbonyl (C=O) groups excluding carboxylic acids is 1. The van der Waals surface area contributed by atoms with Crippen molar-refractivity contribution >= 4 is 17.7 Å². The largest absolute Gasteiger partial charge is 0.388 e. The summed E-state index contributed by atoms with van der Waals surface area (Å²) in [5.41, 5.74) is -0.831. The topological polar surface area (TPSA) is 43.8 Å². The highest BCUT2D eigenvalue weighted by atomic mass is 35.5. The van der Waals surface area contributed by atoms with Crippen molar-refractivity contribution in [2.45, 2.75) is 57.2 Å². The molecule has 2 saturated heterocycles. The summed E-state index contributed by atoms with van der Waals surface area (Å²) >= 11 is 6.04. The predicted octanol–water partition coefficient (Wildman–Crippen LogP) is 1.37. The average Bonchev–Trinajstić information content (AvgIpc) is 2.82. The minimum atomic E-state index is -0.831. The predicted molar refractivity (Wildman–Crippen MR) is 66.6 cm³/mol. The normalized spacial score (nSPS) is 31.2. The molecular formula is C12H21ClN2O2. The van der Waals surface area contributed by atoms with E-state index in [4.69, 9.17) is 11.8 Å². The number of halogens is 1. The van der Waals surface area contributed by atoms with Crippen LogP contribution in [-0.4, -0.2) is 51.1 Å². The summed E-state index contributed by atoms with van der Waals surface area (Å²) in [5, 5.41) is 10.1. The van der Waals surface area contributed by atoms with Crippen LogP contribution < -0.4 is 0 Å². The molecule has 5 heteroatoms. The molecule has 2 fully saturated rings. The first-order valence-electron chi connectivity index (χ1n) is 6.36. The lowest BCUT2D eigenvalue weighted by atomic mass is 9.96. The fourth-order valence-electron chi connectivity index (χ4n) is 2.93. The molecule has 2 rings (SSSR count). The van der Waals surface area contributed by atoms with Crippen molar-refractivity contribution in [3.05, 3.63) is 0 Å². The standard InChI is InChI=1S/C12H21ClN2O2/c1-12(2,17)10-6-4-7-14(10)11(16)9-5-3-8-15(9)13/h9-10,17H,3-8H2,1-2H3/t9-,10-/m0/s1. The molecule has 1 amide bonds. The Labute approximate surface area is 108 Å². The van der Waals surface area contributed by atoms with Crippen molar-refractivity contribution in [1.29, 1.82) is 0 Å². The van der Waals surface area contributed by atoms with E-state index in [0.29, 0.717) is 0 Å². The van der Waals surface area contributed by atoms with Crippen LogP contribution in [0.3, 0.4) is 0 Å². The van der Waals surface area contributed by atoms with Gasteiger partial charge in [0.2, 0.25) is 5.91 Å². The maximum Gasteiger partial charge on any atom is 0.241 e. The maximum absolute atomic E-state index is 12.4. The molecule has 0 aromatic heterocycles. The van der Waals surface area contributed by atoms with Crippen molar-refractivity contribution in [3.63, 3.8) is 0 Å². The van der Waals surface area contributed by atoms with Crippen LogP contribution in [0.5, 0.6) is 0 Å². The number of likely N-dealkylation sites (tertiary alicyclic amines) is 1. The summed E-state index contributed by atoms with van der Waals surface area (Å²) < 4.78 is 1.61. The Bertz CT molecular complexity index is 303. The third-order valence-corrected chi connectivity index (χ3v) is 4.23. The second kappa shape index (κ2) is 4.75. The fraction of sp³-hybridized carbons (Fsp3) is 0.917. The van der Waals surface area contributed by atoms with Crippen LogP contribution >= 0.6 is 11.8 Å². The van der Waals surface area contributed by atoms with Crippen molar-refractivity contribution in [2.75, 3.05) is 13.1 Å². The third-order valence-electron chi connectivity index (χ3n) is 3.82. The average molecular weight is 261 g/mol. The molecule has 17 heavy (non-hydrogen) atoms. The Balaban J connectivity index is 2.08. The van der Waals surface area contributed by atoms with Gasteiger partial charge < -0.3 is 10.0 Å². The van der Waals surface area contributed by atoms with Crippen molar-refractivity contribution in [3.8, 4) is 0 Å². The number of amides is 1. The molecule has 0 radical (unpaired) electrons. The van der Waals surface area contributed by atoms with Gasteiger partial charge in [-0.3, -0.25) is 4.79 Å². The Morgan fingerprint density at radius 2 is 1.94 bits per heavy atom. The van der Waals surface area contributed by atoms with Crippen LogP contribution in [0.25, 0.3) is 0 Å². The van der Waals surface area contributed by atoms with Crippen LogP contribution in [0.1, 0.15) is 39.5 Å². The van der Waals surface area contributed by atoms with Gasteiger partial charge in [0, 0.05) is 13.1 Å². The third kappa shape index (κ3) is 2.59. The fourth-order valence-corrected chi connectivity index (χ4v) is 3.23. The summed E-state index contributed by atoms with van der Waals surface area (Å²) in [4.78, 5) is 14.2. The molecule has 0 spiro atoms. The zero-order valence-electron chi connectivity index (χ0n) is 10.5. The number of carbonyl (C=O) groups is 1. The molecule has 2 aliphatic rings. The first-order chi connectivity index (χ1) is 7.91. The number of hydrogen-bond acceptors (Lipinski definition) is 3. The number of nitrogens with zero attached hydrogens (tertiary/aromatic N) is 2. The van der Waals surface area contributed by atoms with Gasteiger partial charge in [0.05, 0.1) is 11.6 Å². The monoisotopic (exact) mass is 260 g/mol. The molecule has 2 heterocycles. The van der Waals surface area contributed by atoms with Crippen LogP contribution in [0.4, 0.5) is 0 Å². The van der Waals surface area contributed by atoms with Gasteiger partial charge in [-0.15, -0.1) is 0 Å². The van der Waals surface area contributed by atoms with Crippen molar-refractivity contribution in [1.82, 2.24) is 9.32 Å². The molecule has 2 aliphatic heterocycles. The lowest BCUT2D eigenvalue weighted by Crippen LogP contribution is -2.52. The van der Waals surface area contributed by atoms with Gasteiger partial charge in [0.1, 0.15) is 6.04 Å². The Morgan fingerprint density at radius 1 is 1.29 bits per heavy atom. The Hall–Kier alpha value is -0.320. The summed E-state index contributed by atoms with van der Waals surface area (Å²) in [5.74, 6) is 0.0853. The molecule has 0 aromatic rings. The number of hydrogen-bond donors (Lipinski definition) is 1. The first kappa shape index (κ1) is 13.1. The zero-order chi connectivity index (χ0) is 12.6. The summed E-state index contributed by atoms with van der Waals surface area (Å²) in [6, 6.07) is -0.264. The lowest BCUT2D eigenvalue weighted by molar-refractivity contribution is -0.140. The van der Waals surface area contributed by atoms with Crippen LogP contribution in [0.2, 0.25) is 0 Å². The SMILES string of the molecule is CC(C)(O)[C@@H]1CCCN1C(=O)[C@@H]1CCCN1Cl. The highest BCUT2D eigenvalue weighted by molar-refractivity contribution is 6.15. The van der Waals surface area contributed by atoms with E-state index in [1.54, 1.807) is 18.3 Å². The van der Waals surface area contributed by atoms with E-state index in [2.05, 4.69) is 0 Å². The highest BCUT2D eigenvalue weighted by Gasteiger charge is 2.42. The van der Waals surface area contributed by atoms with E-state index in [1.165, 1.54) is 0 Å².